The van der Waals surface area contributed by atoms with E-state index < -0.39 is 0 Å². The van der Waals surface area contributed by atoms with Crippen molar-refractivity contribution in [1.82, 2.24) is 10.3 Å². The fourth-order valence-corrected chi connectivity index (χ4v) is 3.53. The van der Waals surface area contributed by atoms with Gasteiger partial charge in [0.25, 0.3) is 5.91 Å². The van der Waals surface area contributed by atoms with Crippen molar-refractivity contribution in [1.29, 1.82) is 0 Å². The summed E-state index contributed by atoms with van der Waals surface area (Å²) in [4.78, 5) is 27.8. The molecular formula is C22H23N3O2S. The first-order valence-corrected chi connectivity index (χ1v) is 10.1. The van der Waals surface area contributed by atoms with Gasteiger partial charge in [0.15, 0.2) is 5.13 Å². The van der Waals surface area contributed by atoms with Gasteiger partial charge in [0.1, 0.15) is 0 Å². The van der Waals surface area contributed by atoms with Gasteiger partial charge in [-0.1, -0.05) is 42.0 Å². The molecule has 3 rings (SSSR count). The molecule has 0 saturated heterocycles. The molecule has 0 spiro atoms. The Labute approximate surface area is 168 Å². The summed E-state index contributed by atoms with van der Waals surface area (Å²) in [6.07, 6.45) is 1.82. The summed E-state index contributed by atoms with van der Waals surface area (Å²) >= 11 is 1.41. The van der Waals surface area contributed by atoms with Gasteiger partial charge in [0.05, 0.1) is 5.69 Å². The van der Waals surface area contributed by atoms with Crippen molar-refractivity contribution in [2.75, 3.05) is 11.9 Å². The number of hydrogen-bond acceptors (Lipinski definition) is 4. The van der Waals surface area contributed by atoms with Gasteiger partial charge >= 0.3 is 0 Å². The number of thiazole rings is 1. The average Bonchev–Trinajstić information content (AvgIpc) is 3.14. The second-order valence-electron chi connectivity index (χ2n) is 6.64. The average molecular weight is 394 g/mol. The van der Waals surface area contributed by atoms with Crippen LogP contribution in [-0.4, -0.2) is 23.3 Å². The van der Waals surface area contributed by atoms with E-state index >= 15 is 0 Å². The molecule has 0 aliphatic heterocycles. The summed E-state index contributed by atoms with van der Waals surface area (Å²) in [7, 11) is 0. The molecule has 1 aromatic heterocycles. The van der Waals surface area contributed by atoms with E-state index in [1.54, 1.807) is 6.07 Å². The van der Waals surface area contributed by atoms with E-state index in [9.17, 15) is 9.59 Å². The van der Waals surface area contributed by atoms with Crippen LogP contribution in [0.3, 0.4) is 0 Å². The molecule has 5 nitrogen and oxygen atoms in total. The lowest BCUT2D eigenvalue weighted by molar-refractivity contribution is -0.118. The van der Waals surface area contributed by atoms with E-state index in [-0.39, 0.29) is 11.8 Å². The van der Waals surface area contributed by atoms with Gasteiger partial charge in [-0.25, -0.2) is 4.98 Å². The van der Waals surface area contributed by atoms with Crippen molar-refractivity contribution in [2.45, 2.75) is 26.7 Å². The predicted octanol–water partition coefficient (Wildman–Crippen LogP) is 4.44. The maximum absolute atomic E-state index is 12.4. The van der Waals surface area contributed by atoms with Gasteiger partial charge in [0.2, 0.25) is 5.91 Å². The van der Waals surface area contributed by atoms with E-state index in [4.69, 9.17) is 0 Å². The van der Waals surface area contributed by atoms with Gasteiger partial charge < -0.3 is 5.32 Å². The highest BCUT2D eigenvalue weighted by Crippen LogP contribution is 2.25. The van der Waals surface area contributed by atoms with Crippen LogP contribution in [0.25, 0.3) is 11.3 Å². The Bertz CT molecular complexity index is 964. The molecule has 0 aliphatic rings. The molecule has 2 N–H and O–H groups in total. The molecule has 2 aromatic carbocycles. The predicted molar refractivity (Wildman–Crippen MR) is 114 cm³/mol. The molecule has 0 bridgehead atoms. The molecular weight excluding hydrogens is 370 g/mol. The largest absolute Gasteiger partial charge is 0.356 e. The standard InChI is InChI=1S/C22H23N3O2S/c1-15-5-3-7-19(13-15)21(27)25-22-24-20(14-28-22)18-10-8-17(9-11-18)6-4-12-23-16(2)26/h3,5,7-11,13-14H,4,6,12H2,1-2H3,(H,23,26)(H,24,25,27). The van der Waals surface area contributed by atoms with Crippen molar-refractivity contribution in [3.05, 3.63) is 70.6 Å². The van der Waals surface area contributed by atoms with Gasteiger partial charge in [-0.05, 0) is 37.5 Å². The van der Waals surface area contributed by atoms with Crippen LogP contribution < -0.4 is 10.6 Å². The zero-order valence-corrected chi connectivity index (χ0v) is 16.8. The number of carbonyl (C=O) groups excluding carboxylic acids is 2. The Morgan fingerprint density at radius 3 is 2.61 bits per heavy atom. The minimum Gasteiger partial charge on any atom is -0.356 e. The fraction of sp³-hybridized carbons (Fsp3) is 0.227. The highest BCUT2D eigenvalue weighted by atomic mass is 32.1. The highest BCUT2D eigenvalue weighted by molar-refractivity contribution is 7.14. The first-order chi connectivity index (χ1) is 13.5. The monoisotopic (exact) mass is 393 g/mol. The number of anilines is 1. The zero-order valence-electron chi connectivity index (χ0n) is 16.0. The third-order valence-corrected chi connectivity index (χ3v) is 5.03. The van der Waals surface area contributed by atoms with Crippen LogP contribution in [0.1, 0.15) is 34.8 Å². The third kappa shape index (κ3) is 5.50. The molecule has 2 amide bonds. The molecule has 0 unspecified atom stereocenters. The second-order valence-corrected chi connectivity index (χ2v) is 7.50. The number of nitrogens with zero attached hydrogens (tertiary/aromatic N) is 1. The van der Waals surface area contributed by atoms with Crippen LogP contribution >= 0.6 is 11.3 Å². The zero-order chi connectivity index (χ0) is 19.9. The Morgan fingerprint density at radius 1 is 1.11 bits per heavy atom. The molecule has 28 heavy (non-hydrogen) atoms. The van der Waals surface area contributed by atoms with E-state index in [1.165, 1.54) is 23.8 Å². The Hall–Kier alpha value is -2.99. The summed E-state index contributed by atoms with van der Waals surface area (Å²) in [5.41, 5.74) is 4.74. The van der Waals surface area contributed by atoms with Crippen LogP contribution in [-0.2, 0) is 11.2 Å². The number of rotatable bonds is 7. The van der Waals surface area contributed by atoms with Crippen LogP contribution in [0.4, 0.5) is 5.13 Å². The van der Waals surface area contributed by atoms with Gasteiger partial charge in [-0.2, -0.15) is 0 Å². The number of carbonyl (C=O) groups is 2. The Morgan fingerprint density at radius 2 is 1.89 bits per heavy atom. The lowest BCUT2D eigenvalue weighted by Gasteiger charge is -2.04. The number of nitrogens with one attached hydrogen (secondary N) is 2. The van der Waals surface area contributed by atoms with Crippen molar-refractivity contribution in [3.63, 3.8) is 0 Å². The Kier molecular flexibility index (Phi) is 6.55. The van der Waals surface area contributed by atoms with Crippen LogP contribution in [0.2, 0.25) is 0 Å². The van der Waals surface area contributed by atoms with Crippen molar-refractivity contribution < 1.29 is 9.59 Å². The number of amides is 2. The lowest BCUT2D eigenvalue weighted by Crippen LogP contribution is -2.21. The maximum Gasteiger partial charge on any atom is 0.257 e. The summed E-state index contributed by atoms with van der Waals surface area (Å²) < 4.78 is 0. The molecule has 1 heterocycles. The highest BCUT2D eigenvalue weighted by Gasteiger charge is 2.10. The summed E-state index contributed by atoms with van der Waals surface area (Å²) in [6, 6.07) is 15.7. The minimum absolute atomic E-state index is 0.00387. The van der Waals surface area contributed by atoms with Crippen molar-refractivity contribution in [2.24, 2.45) is 0 Å². The summed E-state index contributed by atoms with van der Waals surface area (Å²) in [6.45, 7) is 4.18. The van der Waals surface area contributed by atoms with Gasteiger partial charge in [-0.3, -0.25) is 14.9 Å². The summed E-state index contributed by atoms with van der Waals surface area (Å²) in [5.74, 6) is -0.150. The maximum atomic E-state index is 12.4. The number of benzene rings is 2. The molecule has 0 aliphatic carbocycles. The SMILES string of the molecule is CC(=O)NCCCc1ccc(-c2csc(NC(=O)c3cccc(C)c3)n2)cc1. The fourth-order valence-electron chi connectivity index (χ4n) is 2.82. The number of aryl methyl sites for hydroxylation is 2. The van der Waals surface area contributed by atoms with Crippen LogP contribution in [0.15, 0.2) is 53.9 Å². The minimum atomic E-state index is -0.154. The number of aromatic nitrogens is 1. The Balaban J connectivity index is 1.59. The van der Waals surface area contributed by atoms with E-state index in [0.717, 1.165) is 29.7 Å². The van der Waals surface area contributed by atoms with E-state index in [1.807, 2.05) is 42.6 Å². The van der Waals surface area contributed by atoms with E-state index in [0.29, 0.717) is 17.2 Å². The molecule has 0 atom stereocenters. The van der Waals surface area contributed by atoms with Gasteiger partial charge in [-0.15, -0.1) is 11.3 Å². The number of hydrogen-bond donors (Lipinski definition) is 2. The molecule has 3 aromatic rings. The van der Waals surface area contributed by atoms with Crippen LogP contribution in [0, 0.1) is 6.92 Å². The first kappa shape index (κ1) is 19.8. The third-order valence-electron chi connectivity index (χ3n) is 4.27. The second kappa shape index (κ2) is 9.28. The molecule has 144 valence electrons. The molecule has 0 radical (unpaired) electrons. The van der Waals surface area contributed by atoms with Crippen molar-refractivity contribution in [3.8, 4) is 11.3 Å². The molecule has 0 saturated carbocycles. The van der Waals surface area contributed by atoms with Crippen LogP contribution in [0.5, 0.6) is 0 Å². The molecule has 0 fully saturated rings. The smallest absolute Gasteiger partial charge is 0.257 e. The molecule has 6 heteroatoms. The van der Waals surface area contributed by atoms with Gasteiger partial charge in [0, 0.05) is 30.0 Å². The summed E-state index contributed by atoms with van der Waals surface area (Å²) in [5, 5.41) is 8.19. The lowest BCUT2D eigenvalue weighted by atomic mass is 10.1. The van der Waals surface area contributed by atoms with E-state index in [2.05, 4.69) is 27.8 Å². The first-order valence-electron chi connectivity index (χ1n) is 9.18. The topological polar surface area (TPSA) is 71.1 Å². The normalized spacial score (nSPS) is 10.5. The van der Waals surface area contributed by atoms with Crippen molar-refractivity contribution >= 4 is 28.3 Å². The quantitative estimate of drug-likeness (QED) is 0.583.